The van der Waals surface area contributed by atoms with Crippen LogP contribution in [0, 0.1) is 27.9 Å². The fraction of sp³-hybridized carbons (Fsp3) is 0.600. The Morgan fingerprint density at radius 1 is 1.13 bits per heavy atom. The third kappa shape index (κ3) is 3.19. The average molecular weight is 438 g/mol. The summed E-state index contributed by atoms with van der Waals surface area (Å²) in [6.07, 6.45) is 2.59. The van der Waals surface area contributed by atoms with E-state index in [4.69, 9.17) is 0 Å². The second kappa shape index (κ2) is 6.70. The summed E-state index contributed by atoms with van der Waals surface area (Å²) >= 11 is 0.994. The van der Waals surface area contributed by atoms with Gasteiger partial charge in [-0.2, -0.15) is 13.2 Å². The van der Waals surface area contributed by atoms with Gasteiger partial charge in [0.05, 0.1) is 15.4 Å². The van der Waals surface area contributed by atoms with Crippen molar-refractivity contribution in [2.45, 2.75) is 60.2 Å². The molecule has 160 valence electrons. The summed E-state index contributed by atoms with van der Waals surface area (Å²) < 4.78 is 40.8. The van der Waals surface area contributed by atoms with E-state index in [1.54, 1.807) is 0 Å². The lowest BCUT2D eigenvalue weighted by Gasteiger charge is -2.56. The zero-order chi connectivity index (χ0) is 21.3. The highest BCUT2D eigenvalue weighted by molar-refractivity contribution is 7.99. The molecule has 1 heterocycles. The largest absolute Gasteiger partial charge is 0.416 e. The van der Waals surface area contributed by atoms with Crippen molar-refractivity contribution in [2.75, 3.05) is 0 Å². The molecule has 0 atom stereocenters. The Morgan fingerprint density at radius 2 is 1.73 bits per heavy atom. The predicted molar refractivity (Wildman–Crippen MR) is 103 cm³/mol. The Hall–Kier alpha value is -2.10. The van der Waals surface area contributed by atoms with Gasteiger partial charge >= 0.3 is 6.18 Å². The Balaban J connectivity index is 1.47. The van der Waals surface area contributed by atoms with Crippen molar-refractivity contribution in [3.63, 3.8) is 0 Å². The Morgan fingerprint density at radius 3 is 2.27 bits per heavy atom. The number of aromatic nitrogens is 3. The highest BCUT2D eigenvalue weighted by atomic mass is 32.2. The molecule has 10 heteroatoms. The van der Waals surface area contributed by atoms with Crippen LogP contribution >= 0.6 is 11.8 Å². The molecule has 4 bridgehead atoms. The first-order chi connectivity index (χ1) is 14.1. The zero-order valence-corrected chi connectivity index (χ0v) is 17.2. The third-order valence-corrected chi connectivity index (χ3v) is 8.13. The predicted octanol–water partition coefficient (Wildman–Crippen LogP) is 5.36. The summed E-state index contributed by atoms with van der Waals surface area (Å²) in [5.74, 6) is 3.12. The van der Waals surface area contributed by atoms with E-state index in [1.165, 1.54) is 19.3 Å². The van der Waals surface area contributed by atoms with Crippen LogP contribution in [0.2, 0.25) is 0 Å². The molecule has 4 saturated carbocycles. The molecule has 0 amide bonds. The molecule has 4 aliphatic rings. The molecule has 0 N–H and O–H groups in total. The lowest BCUT2D eigenvalue weighted by Crippen LogP contribution is -2.49. The molecule has 2 aromatic rings. The minimum Gasteiger partial charge on any atom is -0.308 e. The van der Waals surface area contributed by atoms with Gasteiger partial charge in [-0.05, 0) is 80.2 Å². The summed E-state index contributed by atoms with van der Waals surface area (Å²) in [6.45, 7) is 0. The van der Waals surface area contributed by atoms with E-state index in [0.29, 0.717) is 11.2 Å². The zero-order valence-electron chi connectivity index (χ0n) is 16.4. The number of benzene rings is 1. The van der Waals surface area contributed by atoms with Crippen LogP contribution in [-0.2, 0) is 18.6 Å². The van der Waals surface area contributed by atoms with Gasteiger partial charge in [0.15, 0.2) is 5.16 Å². The van der Waals surface area contributed by atoms with E-state index >= 15 is 0 Å². The maximum Gasteiger partial charge on any atom is 0.416 e. The molecule has 1 aromatic carbocycles. The number of rotatable bonds is 4. The number of nitro benzene ring substituents is 1. The van der Waals surface area contributed by atoms with Gasteiger partial charge < -0.3 is 4.57 Å². The van der Waals surface area contributed by atoms with Gasteiger partial charge in [0.2, 0.25) is 0 Å². The van der Waals surface area contributed by atoms with E-state index in [0.717, 1.165) is 66.7 Å². The number of nitro groups is 1. The van der Waals surface area contributed by atoms with Gasteiger partial charge in [0.25, 0.3) is 5.69 Å². The first-order valence-corrected chi connectivity index (χ1v) is 10.9. The van der Waals surface area contributed by atoms with Crippen molar-refractivity contribution in [2.24, 2.45) is 24.8 Å². The highest BCUT2D eigenvalue weighted by Gasteiger charge is 2.53. The maximum atomic E-state index is 13.0. The normalized spacial score (nSPS) is 30.1. The Labute approximate surface area is 175 Å². The summed E-state index contributed by atoms with van der Waals surface area (Å²) in [6, 6.07) is 2.59. The number of hydrogen-bond donors (Lipinski definition) is 0. The Kier molecular flexibility index (Phi) is 4.43. The monoisotopic (exact) mass is 438 g/mol. The first-order valence-electron chi connectivity index (χ1n) is 10.1. The standard InChI is InChI=1S/C20H21F3N4O2S/c1-26-17(19-8-11-4-12(9-19)6-13(5-11)10-19)24-25-18(26)30-16-3-2-14(20(21,22)23)7-15(16)27(28)29/h2-3,7,11-13H,4-6,8-10H2,1H3. The van der Waals surface area contributed by atoms with Crippen molar-refractivity contribution >= 4 is 17.4 Å². The molecular weight excluding hydrogens is 417 g/mol. The fourth-order valence-corrected chi connectivity index (χ4v) is 7.15. The molecule has 6 rings (SSSR count). The van der Waals surface area contributed by atoms with Crippen LogP contribution in [0.25, 0.3) is 0 Å². The van der Waals surface area contributed by atoms with E-state index in [1.807, 2.05) is 11.6 Å². The fourth-order valence-electron chi connectivity index (χ4n) is 6.27. The average Bonchev–Trinajstić information content (AvgIpc) is 3.01. The van der Waals surface area contributed by atoms with Crippen LogP contribution < -0.4 is 0 Å². The lowest BCUT2D eigenvalue weighted by molar-refractivity contribution is -0.388. The van der Waals surface area contributed by atoms with Gasteiger partial charge in [0.1, 0.15) is 5.82 Å². The van der Waals surface area contributed by atoms with Crippen LogP contribution in [0.4, 0.5) is 18.9 Å². The van der Waals surface area contributed by atoms with E-state index < -0.39 is 22.4 Å². The molecule has 4 fully saturated rings. The van der Waals surface area contributed by atoms with Crippen molar-refractivity contribution in [3.05, 3.63) is 39.7 Å². The van der Waals surface area contributed by atoms with Gasteiger partial charge in [0, 0.05) is 18.5 Å². The second-order valence-electron chi connectivity index (χ2n) is 9.10. The van der Waals surface area contributed by atoms with Gasteiger partial charge in [-0.15, -0.1) is 10.2 Å². The number of nitrogens with zero attached hydrogens (tertiary/aromatic N) is 4. The molecular formula is C20H21F3N4O2S. The van der Waals surface area contributed by atoms with Crippen LogP contribution in [0.15, 0.2) is 28.3 Å². The Bertz CT molecular complexity index is 985. The highest BCUT2D eigenvalue weighted by Crippen LogP contribution is 2.60. The summed E-state index contributed by atoms with van der Waals surface area (Å²) in [4.78, 5) is 10.7. The van der Waals surface area contributed by atoms with Crippen LogP contribution in [-0.4, -0.2) is 19.7 Å². The minimum atomic E-state index is -4.63. The maximum absolute atomic E-state index is 13.0. The van der Waals surface area contributed by atoms with Gasteiger partial charge in [-0.25, -0.2) is 0 Å². The molecule has 6 nitrogen and oxygen atoms in total. The van der Waals surface area contributed by atoms with E-state index in [9.17, 15) is 23.3 Å². The summed E-state index contributed by atoms with van der Waals surface area (Å²) in [5, 5.41) is 20.6. The van der Waals surface area contributed by atoms with Crippen molar-refractivity contribution < 1.29 is 18.1 Å². The number of hydrogen-bond acceptors (Lipinski definition) is 5. The smallest absolute Gasteiger partial charge is 0.308 e. The van der Waals surface area contributed by atoms with Gasteiger partial charge in [-0.3, -0.25) is 10.1 Å². The first kappa shape index (κ1) is 19.8. The number of halogens is 3. The van der Waals surface area contributed by atoms with Crippen molar-refractivity contribution in [1.82, 2.24) is 14.8 Å². The molecule has 4 aliphatic carbocycles. The molecule has 0 spiro atoms. The SMILES string of the molecule is Cn1c(Sc2ccc(C(F)(F)F)cc2[N+](=O)[O-])nnc1C12CC3CC(CC(C3)C1)C2. The molecule has 0 saturated heterocycles. The molecule has 1 aromatic heterocycles. The van der Waals surface area contributed by atoms with E-state index in [-0.39, 0.29) is 10.3 Å². The van der Waals surface area contributed by atoms with Crippen LogP contribution in [0.3, 0.4) is 0 Å². The summed E-state index contributed by atoms with van der Waals surface area (Å²) in [7, 11) is 1.85. The molecule has 0 unspecified atom stereocenters. The molecule has 0 radical (unpaired) electrons. The van der Waals surface area contributed by atoms with Gasteiger partial charge in [-0.1, -0.05) is 0 Å². The molecule has 30 heavy (non-hydrogen) atoms. The van der Waals surface area contributed by atoms with Crippen LogP contribution in [0.5, 0.6) is 0 Å². The van der Waals surface area contributed by atoms with Crippen LogP contribution in [0.1, 0.15) is 49.9 Å². The molecule has 0 aliphatic heterocycles. The minimum absolute atomic E-state index is 0.0153. The second-order valence-corrected chi connectivity index (χ2v) is 10.1. The van der Waals surface area contributed by atoms with E-state index in [2.05, 4.69) is 10.2 Å². The lowest BCUT2D eigenvalue weighted by atomic mass is 9.49. The quantitative estimate of drug-likeness (QED) is 0.475. The number of alkyl halides is 3. The van der Waals surface area contributed by atoms with Crippen molar-refractivity contribution in [1.29, 1.82) is 0 Å². The third-order valence-electron chi connectivity index (χ3n) is 7.03. The van der Waals surface area contributed by atoms with Crippen molar-refractivity contribution in [3.8, 4) is 0 Å². The summed E-state index contributed by atoms with van der Waals surface area (Å²) in [5.41, 5.74) is -1.60. The topological polar surface area (TPSA) is 73.8 Å².